The highest BCUT2D eigenvalue weighted by Gasteiger charge is 2.20. The molecule has 1 N–H and O–H groups in total. The highest BCUT2D eigenvalue weighted by Crippen LogP contribution is 2.22. The number of rotatable bonds is 6. The van der Waals surface area contributed by atoms with Gasteiger partial charge in [0.2, 0.25) is 0 Å². The highest BCUT2D eigenvalue weighted by molar-refractivity contribution is 6.31. The zero-order valence-corrected chi connectivity index (χ0v) is 10.9. The van der Waals surface area contributed by atoms with Crippen LogP contribution < -0.4 is 0 Å². The van der Waals surface area contributed by atoms with Crippen molar-refractivity contribution in [3.8, 4) is 0 Å². The number of hydrogen-bond donors (Lipinski definition) is 1. The third-order valence-corrected chi connectivity index (χ3v) is 3.13. The Hall–Kier alpha value is -0.640. The molecule has 0 aliphatic rings. The largest absolute Gasteiger partial charge is 0.390 e. The first kappa shape index (κ1) is 14.4. The summed E-state index contributed by atoms with van der Waals surface area (Å²) in [5, 5.41) is 10.3. The molecule has 2 atom stereocenters. The Balaban J connectivity index is 2.76. The summed E-state index contributed by atoms with van der Waals surface area (Å²) < 4.78 is 18.7. The molecule has 2 unspecified atom stereocenters. The van der Waals surface area contributed by atoms with E-state index in [9.17, 15) is 9.50 Å². The third kappa shape index (κ3) is 3.95. The zero-order chi connectivity index (χ0) is 12.8. The van der Waals surface area contributed by atoms with E-state index in [1.54, 1.807) is 19.2 Å². The molecule has 4 heteroatoms. The molecular weight excluding hydrogens is 243 g/mol. The van der Waals surface area contributed by atoms with Gasteiger partial charge >= 0.3 is 0 Å². The van der Waals surface area contributed by atoms with E-state index in [4.69, 9.17) is 16.3 Å². The summed E-state index contributed by atoms with van der Waals surface area (Å²) in [4.78, 5) is 0. The molecule has 1 aromatic carbocycles. The Morgan fingerprint density at radius 1 is 1.47 bits per heavy atom. The van der Waals surface area contributed by atoms with Crippen LogP contribution in [-0.2, 0) is 11.2 Å². The lowest BCUT2D eigenvalue weighted by Gasteiger charge is -2.21. The maximum absolute atomic E-state index is 13.5. The van der Waals surface area contributed by atoms with Gasteiger partial charge in [-0.1, -0.05) is 31.0 Å². The topological polar surface area (TPSA) is 29.5 Å². The summed E-state index contributed by atoms with van der Waals surface area (Å²) in [7, 11) is 1.55. The molecule has 0 spiro atoms. The molecule has 0 amide bonds. The van der Waals surface area contributed by atoms with Crippen molar-refractivity contribution in [3.05, 3.63) is 34.6 Å². The van der Waals surface area contributed by atoms with Crippen molar-refractivity contribution in [2.75, 3.05) is 7.11 Å². The zero-order valence-electron chi connectivity index (χ0n) is 10.1. The molecule has 0 radical (unpaired) electrons. The Morgan fingerprint density at radius 2 is 2.18 bits per heavy atom. The van der Waals surface area contributed by atoms with Gasteiger partial charge in [0.25, 0.3) is 0 Å². The average molecular weight is 261 g/mol. The molecule has 0 bridgehead atoms. The highest BCUT2D eigenvalue weighted by atomic mass is 35.5. The van der Waals surface area contributed by atoms with Gasteiger partial charge in [0.05, 0.1) is 12.2 Å². The molecule has 2 nitrogen and oxygen atoms in total. The lowest BCUT2D eigenvalue weighted by molar-refractivity contribution is -0.0162. The first-order chi connectivity index (χ1) is 8.10. The van der Waals surface area contributed by atoms with Gasteiger partial charge < -0.3 is 9.84 Å². The van der Waals surface area contributed by atoms with Gasteiger partial charge in [-0.15, -0.1) is 0 Å². The van der Waals surface area contributed by atoms with Crippen LogP contribution in [0.4, 0.5) is 4.39 Å². The van der Waals surface area contributed by atoms with Crippen molar-refractivity contribution in [1.82, 2.24) is 0 Å². The number of aliphatic hydroxyl groups excluding tert-OH is 1. The summed E-state index contributed by atoms with van der Waals surface area (Å²) in [5.41, 5.74) is 0.347. The van der Waals surface area contributed by atoms with Crippen molar-refractivity contribution in [3.63, 3.8) is 0 Å². The first-order valence-electron chi connectivity index (χ1n) is 5.73. The second-order valence-corrected chi connectivity index (χ2v) is 4.44. The first-order valence-corrected chi connectivity index (χ1v) is 6.11. The molecular formula is C13H18ClFO2. The number of benzene rings is 1. The van der Waals surface area contributed by atoms with Crippen LogP contribution in [0.5, 0.6) is 0 Å². The van der Waals surface area contributed by atoms with E-state index in [1.807, 2.05) is 6.92 Å². The van der Waals surface area contributed by atoms with Gasteiger partial charge in [0.15, 0.2) is 0 Å². The Labute approximate surface area is 106 Å². The minimum Gasteiger partial charge on any atom is -0.390 e. The van der Waals surface area contributed by atoms with Crippen molar-refractivity contribution in [1.29, 1.82) is 0 Å². The molecule has 0 aromatic heterocycles. The monoisotopic (exact) mass is 260 g/mol. The van der Waals surface area contributed by atoms with E-state index in [1.165, 1.54) is 6.07 Å². The minimum absolute atomic E-state index is 0.171. The van der Waals surface area contributed by atoms with Crippen molar-refractivity contribution < 1.29 is 14.2 Å². The fraction of sp³-hybridized carbons (Fsp3) is 0.538. The second-order valence-electron chi connectivity index (χ2n) is 4.03. The molecule has 0 saturated heterocycles. The van der Waals surface area contributed by atoms with Crippen LogP contribution in [0, 0.1) is 5.82 Å². The molecule has 0 fully saturated rings. The van der Waals surface area contributed by atoms with Gasteiger partial charge in [-0.3, -0.25) is 0 Å². The normalized spacial score (nSPS) is 14.6. The van der Waals surface area contributed by atoms with E-state index >= 15 is 0 Å². The molecule has 96 valence electrons. The molecule has 1 aromatic rings. The van der Waals surface area contributed by atoms with Gasteiger partial charge in [-0.25, -0.2) is 4.39 Å². The van der Waals surface area contributed by atoms with Crippen molar-refractivity contribution in [2.45, 2.75) is 38.4 Å². The van der Waals surface area contributed by atoms with Crippen molar-refractivity contribution >= 4 is 11.6 Å². The molecule has 0 aliphatic heterocycles. The van der Waals surface area contributed by atoms with Gasteiger partial charge in [0.1, 0.15) is 5.82 Å². The van der Waals surface area contributed by atoms with Crippen LogP contribution in [0.2, 0.25) is 5.02 Å². The van der Waals surface area contributed by atoms with Crippen LogP contribution in [0.1, 0.15) is 25.3 Å². The quantitative estimate of drug-likeness (QED) is 0.851. The maximum atomic E-state index is 13.5. The standard InChI is InChI=1S/C13H18ClFO2/c1-3-5-13(17-2)12(16)8-9-10(14)6-4-7-11(9)15/h4,6-7,12-13,16H,3,5,8H2,1-2H3. The van der Waals surface area contributed by atoms with Crippen LogP contribution in [-0.4, -0.2) is 24.4 Å². The SMILES string of the molecule is CCCC(OC)C(O)Cc1c(F)cccc1Cl. The lowest BCUT2D eigenvalue weighted by atomic mass is 10.0. The fourth-order valence-corrected chi connectivity index (χ4v) is 2.06. The molecule has 0 heterocycles. The summed E-state index contributed by atoms with van der Waals surface area (Å²) >= 11 is 5.91. The van der Waals surface area contributed by atoms with Crippen LogP contribution >= 0.6 is 11.6 Å². The predicted molar refractivity (Wildman–Crippen MR) is 66.8 cm³/mol. The summed E-state index contributed by atoms with van der Waals surface area (Å²) in [6.07, 6.45) is 0.791. The summed E-state index contributed by atoms with van der Waals surface area (Å²) in [6.45, 7) is 2.01. The number of aliphatic hydroxyl groups is 1. The second kappa shape index (κ2) is 6.94. The van der Waals surface area contributed by atoms with E-state index < -0.39 is 6.10 Å². The summed E-state index contributed by atoms with van der Waals surface area (Å²) in [5.74, 6) is -0.386. The average Bonchev–Trinajstić information content (AvgIpc) is 2.30. The number of methoxy groups -OCH3 is 1. The lowest BCUT2D eigenvalue weighted by Crippen LogP contribution is -2.30. The Kier molecular flexibility index (Phi) is 5.89. The van der Waals surface area contributed by atoms with Crippen LogP contribution in [0.15, 0.2) is 18.2 Å². The fourth-order valence-electron chi connectivity index (χ4n) is 1.82. The van der Waals surface area contributed by atoms with E-state index in [0.29, 0.717) is 10.6 Å². The van der Waals surface area contributed by atoms with Crippen LogP contribution in [0.3, 0.4) is 0 Å². The van der Waals surface area contributed by atoms with Gasteiger partial charge in [0, 0.05) is 24.1 Å². The van der Waals surface area contributed by atoms with E-state index in [-0.39, 0.29) is 18.3 Å². The number of halogens is 2. The Morgan fingerprint density at radius 3 is 2.71 bits per heavy atom. The molecule has 1 rings (SSSR count). The number of hydrogen-bond acceptors (Lipinski definition) is 2. The van der Waals surface area contributed by atoms with Crippen molar-refractivity contribution in [2.24, 2.45) is 0 Å². The summed E-state index contributed by atoms with van der Waals surface area (Å²) in [6, 6.07) is 4.51. The number of ether oxygens (including phenoxy) is 1. The maximum Gasteiger partial charge on any atom is 0.127 e. The van der Waals surface area contributed by atoms with E-state index in [0.717, 1.165) is 12.8 Å². The van der Waals surface area contributed by atoms with Crippen LogP contribution in [0.25, 0.3) is 0 Å². The Bertz CT molecular complexity index is 337. The molecule has 17 heavy (non-hydrogen) atoms. The predicted octanol–water partition coefficient (Wildman–Crippen LogP) is 3.20. The smallest absolute Gasteiger partial charge is 0.127 e. The third-order valence-electron chi connectivity index (χ3n) is 2.78. The van der Waals surface area contributed by atoms with E-state index in [2.05, 4.69) is 0 Å². The molecule has 0 saturated carbocycles. The van der Waals surface area contributed by atoms with Gasteiger partial charge in [-0.05, 0) is 18.6 Å². The van der Waals surface area contributed by atoms with Gasteiger partial charge in [-0.2, -0.15) is 0 Å². The minimum atomic E-state index is -0.741. The molecule has 0 aliphatic carbocycles.